The number of nitrogens with zero attached hydrogens (tertiary/aromatic N) is 1. The van der Waals surface area contributed by atoms with Crippen LogP contribution in [-0.2, 0) is 4.74 Å². The molecule has 0 aliphatic rings. The molecule has 1 heterocycles. The minimum atomic E-state index is -0.409. The maximum absolute atomic E-state index is 11.6. The maximum Gasteiger partial charge on any atom is 0.339 e. The van der Waals surface area contributed by atoms with Crippen LogP contribution < -0.4 is 11.1 Å². The number of aromatic nitrogens is 1. The molecule has 0 saturated heterocycles. The molecule has 0 bridgehead atoms. The Bertz CT molecular complexity index is 611. The Morgan fingerprint density at radius 2 is 2.11 bits per heavy atom. The minimum Gasteiger partial charge on any atom is -0.465 e. The normalized spacial score (nSPS) is 10.0. The Morgan fingerprint density at radius 1 is 1.37 bits per heavy atom. The molecule has 19 heavy (non-hydrogen) atoms. The molecule has 0 fully saturated rings. The quantitative estimate of drug-likeness (QED) is 0.826. The molecule has 0 unspecified atom stereocenters. The molecular weight excluding hydrogens is 242 g/mol. The largest absolute Gasteiger partial charge is 0.465 e. The van der Waals surface area contributed by atoms with E-state index in [1.165, 1.54) is 7.11 Å². The van der Waals surface area contributed by atoms with E-state index in [-0.39, 0.29) is 0 Å². The zero-order chi connectivity index (χ0) is 13.8. The standard InChI is InChI=1S/C14H15N3O2/c1-9-7-11(15)13(16-8-9)17-12-6-4-3-5-10(12)14(18)19-2/h3-8H,15H2,1-2H3,(H,16,17). The molecule has 2 rings (SSSR count). The molecule has 0 amide bonds. The molecular formula is C14H15N3O2. The molecule has 1 aromatic heterocycles. The van der Waals surface area contributed by atoms with Crippen LogP contribution >= 0.6 is 0 Å². The van der Waals surface area contributed by atoms with Crippen molar-refractivity contribution in [1.29, 1.82) is 0 Å². The van der Waals surface area contributed by atoms with E-state index in [2.05, 4.69) is 10.3 Å². The predicted molar refractivity (Wildman–Crippen MR) is 74.5 cm³/mol. The van der Waals surface area contributed by atoms with Gasteiger partial charge in [-0.05, 0) is 30.7 Å². The van der Waals surface area contributed by atoms with Crippen molar-refractivity contribution in [1.82, 2.24) is 4.98 Å². The Kier molecular flexibility index (Phi) is 3.66. The van der Waals surface area contributed by atoms with E-state index < -0.39 is 5.97 Å². The van der Waals surface area contributed by atoms with Crippen LogP contribution in [0.3, 0.4) is 0 Å². The Labute approximate surface area is 111 Å². The first-order chi connectivity index (χ1) is 9.11. The lowest BCUT2D eigenvalue weighted by Gasteiger charge is -2.11. The monoisotopic (exact) mass is 257 g/mol. The summed E-state index contributed by atoms with van der Waals surface area (Å²) in [5.74, 6) is 0.107. The molecule has 0 saturated carbocycles. The van der Waals surface area contributed by atoms with Gasteiger partial charge in [0, 0.05) is 6.20 Å². The number of benzene rings is 1. The van der Waals surface area contributed by atoms with Crippen LogP contribution in [0, 0.1) is 6.92 Å². The summed E-state index contributed by atoms with van der Waals surface area (Å²) in [5, 5.41) is 3.05. The Hall–Kier alpha value is -2.56. The SMILES string of the molecule is COC(=O)c1ccccc1Nc1ncc(C)cc1N. The first-order valence-electron chi connectivity index (χ1n) is 5.78. The molecule has 5 heteroatoms. The van der Waals surface area contributed by atoms with Crippen molar-refractivity contribution in [2.24, 2.45) is 0 Å². The van der Waals surface area contributed by atoms with E-state index in [4.69, 9.17) is 10.5 Å². The van der Waals surface area contributed by atoms with Gasteiger partial charge in [-0.3, -0.25) is 0 Å². The van der Waals surface area contributed by atoms with Crippen LogP contribution in [0.15, 0.2) is 36.5 Å². The van der Waals surface area contributed by atoms with Crippen molar-refractivity contribution in [3.8, 4) is 0 Å². The number of methoxy groups -OCH3 is 1. The first-order valence-corrected chi connectivity index (χ1v) is 5.78. The number of pyridine rings is 1. The predicted octanol–water partition coefficient (Wildman–Crippen LogP) is 2.50. The van der Waals surface area contributed by atoms with E-state index in [0.717, 1.165) is 5.56 Å². The fourth-order valence-corrected chi connectivity index (χ4v) is 1.70. The summed E-state index contributed by atoms with van der Waals surface area (Å²) in [6.07, 6.45) is 1.71. The van der Waals surface area contributed by atoms with E-state index in [1.54, 1.807) is 24.4 Å². The number of carbonyl (C=O) groups excluding carboxylic acids is 1. The highest BCUT2D eigenvalue weighted by Gasteiger charge is 2.12. The number of esters is 1. The third kappa shape index (κ3) is 2.82. The number of aryl methyl sites for hydroxylation is 1. The number of nitrogens with one attached hydrogen (secondary N) is 1. The van der Waals surface area contributed by atoms with Crippen molar-refractivity contribution in [2.75, 3.05) is 18.2 Å². The molecule has 0 atom stereocenters. The first kappa shape index (κ1) is 12.9. The van der Waals surface area contributed by atoms with Gasteiger partial charge in [0.2, 0.25) is 0 Å². The summed E-state index contributed by atoms with van der Waals surface area (Å²) in [4.78, 5) is 15.9. The van der Waals surface area contributed by atoms with Gasteiger partial charge in [-0.1, -0.05) is 12.1 Å². The zero-order valence-corrected chi connectivity index (χ0v) is 10.8. The lowest BCUT2D eigenvalue weighted by molar-refractivity contribution is 0.0602. The van der Waals surface area contributed by atoms with Gasteiger partial charge in [-0.15, -0.1) is 0 Å². The van der Waals surface area contributed by atoms with Gasteiger partial charge in [0.25, 0.3) is 0 Å². The van der Waals surface area contributed by atoms with Gasteiger partial charge in [0.15, 0.2) is 5.82 Å². The van der Waals surface area contributed by atoms with Gasteiger partial charge in [-0.2, -0.15) is 0 Å². The van der Waals surface area contributed by atoms with E-state index in [1.807, 2.05) is 19.1 Å². The van der Waals surface area contributed by atoms with Crippen LogP contribution in [0.2, 0.25) is 0 Å². The molecule has 0 spiro atoms. The summed E-state index contributed by atoms with van der Waals surface area (Å²) in [7, 11) is 1.34. The number of hydrogen-bond acceptors (Lipinski definition) is 5. The third-order valence-electron chi connectivity index (χ3n) is 2.64. The molecule has 0 aliphatic heterocycles. The number of anilines is 3. The highest BCUT2D eigenvalue weighted by molar-refractivity contribution is 5.96. The molecule has 5 nitrogen and oxygen atoms in total. The summed E-state index contributed by atoms with van der Waals surface area (Å²) >= 11 is 0. The van der Waals surface area contributed by atoms with Crippen LogP contribution in [0.4, 0.5) is 17.2 Å². The highest BCUT2D eigenvalue weighted by Crippen LogP contribution is 2.24. The van der Waals surface area contributed by atoms with Crippen molar-refractivity contribution in [3.63, 3.8) is 0 Å². The van der Waals surface area contributed by atoms with Crippen LogP contribution in [-0.4, -0.2) is 18.1 Å². The fourth-order valence-electron chi connectivity index (χ4n) is 1.70. The number of carbonyl (C=O) groups is 1. The maximum atomic E-state index is 11.6. The number of para-hydroxylation sites is 1. The number of nitrogen functional groups attached to an aromatic ring is 1. The van der Waals surface area contributed by atoms with E-state index >= 15 is 0 Å². The molecule has 3 N–H and O–H groups in total. The number of nitrogens with two attached hydrogens (primary N) is 1. The van der Waals surface area contributed by atoms with Crippen molar-refractivity contribution < 1.29 is 9.53 Å². The number of ether oxygens (including phenoxy) is 1. The average molecular weight is 257 g/mol. The average Bonchev–Trinajstić information content (AvgIpc) is 2.41. The summed E-state index contributed by atoms with van der Waals surface area (Å²) in [6, 6.07) is 8.85. The van der Waals surface area contributed by atoms with Crippen LogP contribution in [0.1, 0.15) is 15.9 Å². The van der Waals surface area contributed by atoms with Gasteiger partial charge < -0.3 is 15.8 Å². The van der Waals surface area contributed by atoms with Gasteiger partial charge >= 0.3 is 5.97 Å². The van der Waals surface area contributed by atoms with E-state index in [0.29, 0.717) is 22.8 Å². The number of rotatable bonds is 3. The lowest BCUT2D eigenvalue weighted by Crippen LogP contribution is -2.07. The van der Waals surface area contributed by atoms with Gasteiger partial charge in [-0.25, -0.2) is 9.78 Å². The topological polar surface area (TPSA) is 77.2 Å². The van der Waals surface area contributed by atoms with Gasteiger partial charge in [0.05, 0.1) is 24.0 Å². The third-order valence-corrected chi connectivity index (χ3v) is 2.64. The molecule has 0 aliphatic carbocycles. The second-order valence-electron chi connectivity index (χ2n) is 4.11. The Balaban J connectivity index is 2.35. The Morgan fingerprint density at radius 3 is 2.79 bits per heavy atom. The second kappa shape index (κ2) is 5.39. The summed E-state index contributed by atoms with van der Waals surface area (Å²) in [6.45, 7) is 1.91. The smallest absolute Gasteiger partial charge is 0.339 e. The van der Waals surface area contributed by atoms with E-state index in [9.17, 15) is 4.79 Å². The van der Waals surface area contributed by atoms with Crippen LogP contribution in [0.25, 0.3) is 0 Å². The summed E-state index contributed by atoms with van der Waals surface area (Å²) in [5.41, 5.74) is 8.44. The highest BCUT2D eigenvalue weighted by atomic mass is 16.5. The lowest BCUT2D eigenvalue weighted by atomic mass is 10.1. The minimum absolute atomic E-state index is 0.409. The van der Waals surface area contributed by atoms with Crippen LogP contribution in [0.5, 0.6) is 0 Å². The van der Waals surface area contributed by atoms with Crippen molar-refractivity contribution >= 4 is 23.2 Å². The van der Waals surface area contributed by atoms with Crippen molar-refractivity contribution in [2.45, 2.75) is 6.92 Å². The molecule has 0 radical (unpaired) electrons. The molecule has 2 aromatic rings. The zero-order valence-electron chi connectivity index (χ0n) is 10.8. The van der Waals surface area contributed by atoms with Crippen molar-refractivity contribution in [3.05, 3.63) is 47.7 Å². The fraction of sp³-hybridized carbons (Fsp3) is 0.143. The molecule has 98 valence electrons. The summed E-state index contributed by atoms with van der Waals surface area (Å²) < 4.78 is 4.73. The van der Waals surface area contributed by atoms with Gasteiger partial charge in [0.1, 0.15) is 0 Å². The second-order valence-corrected chi connectivity index (χ2v) is 4.11. The number of hydrogen-bond donors (Lipinski definition) is 2. The molecule has 1 aromatic carbocycles.